The average Bonchev–Trinajstić information content (AvgIpc) is 2.59. The first-order chi connectivity index (χ1) is 11.5. The van der Waals surface area contributed by atoms with Crippen molar-refractivity contribution in [3.05, 3.63) is 60.2 Å². The highest BCUT2D eigenvalue weighted by Crippen LogP contribution is 2.28. The summed E-state index contributed by atoms with van der Waals surface area (Å²) in [5, 5.41) is 0.274. The molecular weight excluding hydrogens is 322 g/mol. The highest BCUT2D eigenvalue weighted by molar-refractivity contribution is 6.68. The summed E-state index contributed by atoms with van der Waals surface area (Å²) in [6.45, 7) is 4.86. The van der Waals surface area contributed by atoms with Gasteiger partial charge in [-0.25, -0.2) is 4.98 Å². The van der Waals surface area contributed by atoms with E-state index in [1.807, 2.05) is 48.5 Å². The normalized spacial score (nSPS) is 11.0. The van der Waals surface area contributed by atoms with Crippen molar-refractivity contribution in [1.29, 1.82) is 0 Å². The minimum atomic E-state index is -0.484. The fraction of sp³-hybridized carbons (Fsp3) is 0.200. The Bertz CT molecular complexity index is 890. The first-order valence-electron chi connectivity index (χ1n) is 7.87. The van der Waals surface area contributed by atoms with Gasteiger partial charge in [0.25, 0.3) is 5.24 Å². The molecule has 4 heteroatoms. The van der Waals surface area contributed by atoms with Crippen molar-refractivity contribution in [3.8, 4) is 17.0 Å². The molecule has 0 unspecified atom stereocenters. The number of ether oxygens (including phenoxy) is 1. The first kappa shape index (κ1) is 16.5. The van der Waals surface area contributed by atoms with Crippen molar-refractivity contribution in [2.45, 2.75) is 13.8 Å². The van der Waals surface area contributed by atoms with E-state index in [0.717, 1.165) is 22.2 Å². The Morgan fingerprint density at radius 3 is 2.67 bits per heavy atom. The smallest absolute Gasteiger partial charge is 0.253 e. The molecule has 0 saturated carbocycles. The maximum Gasteiger partial charge on any atom is 0.253 e. The van der Waals surface area contributed by atoms with Gasteiger partial charge >= 0.3 is 0 Å². The molecule has 0 spiro atoms. The molecule has 0 atom stereocenters. The Kier molecular flexibility index (Phi) is 4.81. The van der Waals surface area contributed by atoms with Crippen molar-refractivity contribution in [1.82, 2.24) is 4.98 Å². The molecule has 0 bridgehead atoms. The standard InChI is InChI=1S/C20H18ClNO2/c1-13(2)12-24-15-7-5-6-14(10-15)19-11-17(20(21)23)16-8-3-4-9-18(16)22-19/h3-11,13H,12H2,1-2H3. The highest BCUT2D eigenvalue weighted by atomic mass is 35.5. The number of carbonyl (C=O) groups excluding carboxylic acids is 1. The molecule has 0 aliphatic carbocycles. The van der Waals surface area contributed by atoms with Gasteiger partial charge in [-0.2, -0.15) is 0 Å². The van der Waals surface area contributed by atoms with Gasteiger partial charge in [-0.3, -0.25) is 4.79 Å². The number of para-hydroxylation sites is 1. The molecule has 0 amide bonds. The number of halogens is 1. The predicted octanol–water partition coefficient (Wildman–Crippen LogP) is 5.32. The van der Waals surface area contributed by atoms with Gasteiger partial charge in [0.2, 0.25) is 0 Å². The van der Waals surface area contributed by atoms with Crippen molar-refractivity contribution in [3.63, 3.8) is 0 Å². The lowest BCUT2D eigenvalue weighted by Gasteiger charge is -2.11. The molecule has 2 aromatic carbocycles. The second-order valence-electron chi connectivity index (χ2n) is 6.08. The molecule has 122 valence electrons. The van der Waals surface area contributed by atoms with Crippen LogP contribution in [0.3, 0.4) is 0 Å². The van der Waals surface area contributed by atoms with Gasteiger partial charge in [0.15, 0.2) is 0 Å². The van der Waals surface area contributed by atoms with Gasteiger partial charge in [-0.15, -0.1) is 0 Å². The molecule has 1 heterocycles. The van der Waals surface area contributed by atoms with Crippen molar-refractivity contribution in [2.75, 3.05) is 6.61 Å². The Morgan fingerprint density at radius 1 is 1.12 bits per heavy atom. The fourth-order valence-electron chi connectivity index (χ4n) is 2.49. The van der Waals surface area contributed by atoms with Gasteiger partial charge < -0.3 is 4.74 Å². The maximum atomic E-state index is 11.8. The third-order valence-electron chi connectivity index (χ3n) is 3.64. The molecule has 0 aliphatic heterocycles. The number of hydrogen-bond donors (Lipinski definition) is 0. The van der Waals surface area contributed by atoms with Gasteiger partial charge in [-0.1, -0.05) is 44.2 Å². The van der Waals surface area contributed by atoms with E-state index in [2.05, 4.69) is 18.8 Å². The minimum absolute atomic E-state index is 0.452. The van der Waals surface area contributed by atoms with Crippen LogP contribution in [0.4, 0.5) is 0 Å². The largest absolute Gasteiger partial charge is 0.493 e. The van der Waals surface area contributed by atoms with Gasteiger partial charge in [-0.05, 0) is 41.8 Å². The summed E-state index contributed by atoms with van der Waals surface area (Å²) in [6.07, 6.45) is 0. The van der Waals surface area contributed by atoms with Crippen molar-refractivity contribution >= 4 is 27.7 Å². The lowest BCUT2D eigenvalue weighted by Crippen LogP contribution is -2.04. The molecule has 1 aromatic heterocycles. The van der Waals surface area contributed by atoms with Gasteiger partial charge in [0.1, 0.15) is 5.75 Å². The predicted molar refractivity (Wildman–Crippen MR) is 97.7 cm³/mol. The summed E-state index contributed by atoms with van der Waals surface area (Å²) in [5.41, 5.74) is 2.80. The molecule has 0 aliphatic rings. The van der Waals surface area contributed by atoms with Crippen LogP contribution < -0.4 is 4.74 Å². The number of aromatic nitrogens is 1. The SMILES string of the molecule is CC(C)COc1cccc(-c2cc(C(=O)Cl)c3ccccc3n2)c1. The number of fused-ring (bicyclic) bond motifs is 1. The second kappa shape index (κ2) is 7.02. The van der Waals surface area contributed by atoms with Crippen LogP contribution in [-0.4, -0.2) is 16.8 Å². The number of nitrogens with zero attached hydrogens (tertiary/aromatic N) is 1. The van der Waals surface area contributed by atoms with E-state index >= 15 is 0 Å². The summed E-state index contributed by atoms with van der Waals surface area (Å²) in [6, 6.07) is 16.9. The molecule has 24 heavy (non-hydrogen) atoms. The summed E-state index contributed by atoms with van der Waals surface area (Å²) in [5.74, 6) is 1.24. The molecule has 3 rings (SSSR count). The zero-order valence-electron chi connectivity index (χ0n) is 13.6. The Hall–Kier alpha value is -2.39. The average molecular weight is 340 g/mol. The van der Waals surface area contributed by atoms with Crippen LogP contribution in [0.5, 0.6) is 5.75 Å². The molecule has 0 N–H and O–H groups in total. The zero-order chi connectivity index (χ0) is 17.1. The van der Waals surface area contributed by atoms with Crippen LogP contribution in [0.15, 0.2) is 54.6 Å². The van der Waals surface area contributed by atoms with Gasteiger partial charge in [0.05, 0.1) is 17.8 Å². The quantitative estimate of drug-likeness (QED) is 0.591. The van der Waals surface area contributed by atoms with Crippen LogP contribution in [0, 0.1) is 5.92 Å². The molecule has 3 aromatic rings. The lowest BCUT2D eigenvalue weighted by atomic mass is 10.0. The van der Waals surface area contributed by atoms with Crippen LogP contribution in [0.25, 0.3) is 22.2 Å². The second-order valence-corrected chi connectivity index (χ2v) is 6.42. The Labute approximate surface area is 146 Å². The van der Waals surface area contributed by atoms with E-state index < -0.39 is 5.24 Å². The van der Waals surface area contributed by atoms with Crippen LogP contribution in [-0.2, 0) is 0 Å². The van der Waals surface area contributed by atoms with E-state index in [1.54, 1.807) is 6.07 Å². The minimum Gasteiger partial charge on any atom is -0.493 e. The monoisotopic (exact) mass is 339 g/mol. The number of carbonyl (C=O) groups is 1. The molecular formula is C20H18ClNO2. The summed E-state index contributed by atoms with van der Waals surface area (Å²) in [7, 11) is 0. The van der Waals surface area contributed by atoms with Crippen LogP contribution in [0.2, 0.25) is 0 Å². The molecule has 0 radical (unpaired) electrons. The van der Waals surface area contributed by atoms with E-state index in [4.69, 9.17) is 16.3 Å². The molecule has 3 nitrogen and oxygen atoms in total. The number of hydrogen-bond acceptors (Lipinski definition) is 3. The number of rotatable bonds is 5. The van der Waals surface area contributed by atoms with Crippen molar-refractivity contribution in [2.24, 2.45) is 5.92 Å². The van der Waals surface area contributed by atoms with Crippen LogP contribution >= 0.6 is 11.6 Å². The third kappa shape index (κ3) is 3.57. The maximum absolute atomic E-state index is 11.8. The summed E-state index contributed by atoms with van der Waals surface area (Å²) < 4.78 is 5.77. The Morgan fingerprint density at radius 2 is 1.92 bits per heavy atom. The zero-order valence-corrected chi connectivity index (χ0v) is 14.4. The van der Waals surface area contributed by atoms with Crippen LogP contribution in [0.1, 0.15) is 24.2 Å². The third-order valence-corrected chi connectivity index (χ3v) is 3.84. The van der Waals surface area contributed by atoms with Crippen molar-refractivity contribution < 1.29 is 9.53 Å². The number of benzene rings is 2. The van der Waals surface area contributed by atoms with E-state index in [1.165, 1.54) is 0 Å². The first-order valence-corrected chi connectivity index (χ1v) is 8.25. The molecule has 0 fully saturated rings. The Balaban J connectivity index is 2.06. The van der Waals surface area contributed by atoms with E-state index in [9.17, 15) is 4.79 Å². The van der Waals surface area contributed by atoms with E-state index in [-0.39, 0.29) is 0 Å². The van der Waals surface area contributed by atoms with E-state index in [0.29, 0.717) is 23.8 Å². The summed E-state index contributed by atoms with van der Waals surface area (Å²) in [4.78, 5) is 16.5. The molecule has 0 saturated heterocycles. The topological polar surface area (TPSA) is 39.2 Å². The lowest BCUT2D eigenvalue weighted by molar-refractivity contribution is 0.108. The fourth-order valence-corrected chi connectivity index (χ4v) is 2.65. The number of pyridine rings is 1. The van der Waals surface area contributed by atoms with Gasteiger partial charge in [0, 0.05) is 16.5 Å². The summed E-state index contributed by atoms with van der Waals surface area (Å²) >= 11 is 5.77. The highest BCUT2D eigenvalue weighted by Gasteiger charge is 2.12.